The van der Waals surface area contributed by atoms with E-state index in [9.17, 15) is 0 Å². The molecule has 0 bridgehead atoms. The molecule has 1 aromatic heterocycles. The number of pyridine rings is 1. The van der Waals surface area contributed by atoms with Crippen LogP contribution in [0.5, 0.6) is 0 Å². The maximum atomic E-state index is 4.25. The summed E-state index contributed by atoms with van der Waals surface area (Å²) >= 11 is 0. The number of hydrogen-bond acceptors (Lipinski definition) is 2. The van der Waals surface area contributed by atoms with Crippen LogP contribution in [0.25, 0.3) is 0 Å². The van der Waals surface area contributed by atoms with Gasteiger partial charge < -0.3 is 4.74 Å². The van der Waals surface area contributed by atoms with Gasteiger partial charge in [-0.05, 0) is 18.6 Å². The molecule has 0 aliphatic heterocycles. The second-order valence-electron chi connectivity index (χ2n) is 2.08. The predicted octanol–water partition coefficient (Wildman–Crippen LogP) is 1.91. The Balaban J connectivity index is 0.000000292. The molecule has 0 aromatic carbocycles. The van der Waals surface area contributed by atoms with E-state index in [1.54, 1.807) is 14.2 Å². The smallest absolute Gasteiger partial charge is 0.0400 e. The molecule has 62 valence electrons. The molecule has 1 heterocycles. The summed E-state index contributed by atoms with van der Waals surface area (Å²) in [6.45, 7) is 2.10. The number of rotatable bonds is 1. The SMILES string of the molecule is CCc1ccccn1.COC. The highest BCUT2D eigenvalue weighted by Gasteiger charge is 1.81. The van der Waals surface area contributed by atoms with E-state index in [0.29, 0.717) is 0 Å². The summed E-state index contributed by atoms with van der Waals surface area (Å²) in [5, 5.41) is 0. The average molecular weight is 153 g/mol. The van der Waals surface area contributed by atoms with E-state index in [-0.39, 0.29) is 0 Å². The van der Waals surface area contributed by atoms with Gasteiger partial charge in [0.2, 0.25) is 0 Å². The lowest BCUT2D eigenvalue weighted by Gasteiger charge is -1.88. The molecule has 0 aliphatic rings. The van der Waals surface area contributed by atoms with Gasteiger partial charge in [0, 0.05) is 26.1 Å². The van der Waals surface area contributed by atoms with E-state index in [1.807, 2.05) is 24.4 Å². The maximum absolute atomic E-state index is 4.25. The largest absolute Gasteiger partial charge is 0.388 e. The van der Waals surface area contributed by atoms with Gasteiger partial charge in [0.05, 0.1) is 0 Å². The number of hydrogen-bond donors (Lipinski definition) is 0. The Labute approximate surface area is 68.2 Å². The fraction of sp³-hybridized carbons (Fsp3) is 0.444. The molecular weight excluding hydrogens is 138 g/mol. The van der Waals surface area contributed by atoms with Crippen LogP contribution in [0.4, 0.5) is 0 Å². The van der Waals surface area contributed by atoms with Crippen LogP contribution in [0, 0.1) is 0 Å². The summed E-state index contributed by atoms with van der Waals surface area (Å²) < 4.78 is 4.25. The Kier molecular flexibility index (Phi) is 6.64. The molecule has 0 spiro atoms. The van der Waals surface area contributed by atoms with E-state index in [1.165, 1.54) is 0 Å². The first-order valence-electron chi connectivity index (χ1n) is 3.65. The molecule has 0 fully saturated rings. The van der Waals surface area contributed by atoms with Crippen molar-refractivity contribution in [1.29, 1.82) is 0 Å². The summed E-state index contributed by atoms with van der Waals surface area (Å²) in [7, 11) is 3.25. The number of ether oxygens (including phenoxy) is 1. The second-order valence-corrected chi connectivity index (χ2v) is 2.08. The summed E-state index contributed by atoms with van der Waals surface area (Å²) in [4.78, 5) is 4.10. The molecule has 0 N–H and O–H groups in total. The van der Waals surface area contributed by atoms with E-state index < -0.39 is 0 Å². The lowest BCUT2D eigenvalue weighted by atomic mass is 10.3. The second kappa shape index (κ2) is 7.22. The van der Waals surface area contributed by atoms with E-state index in [2.05, 4.69) is 16.6 Å². The highest BCUT2D eigenvalue weighted by atomic mass is 16.4. The molecule has 0 unspecified atom stereocenters. The van der Waals surface area contributed by atoms with Crippen molar-refractivity contribution in [1.82, 2.24) is 4.98 Å². The molecule has 2 heteroatoms. The topological polar surface area (TPSA) is 22.1 Å². The molecule has 11 heavy (non-hydrogen) atoms. The van der Waals surface area contributed by atoms with Gasteiger partial charge in [0.1, 0.15) is 0 Å². The quantitative estimate of drug-likeness (QED) is 0.614. The number of aryl methyl sites for hydroxylation is 1. The van der Waals surface area contributed by atoms with Crippen LogP contribution < -0.4 is 0 Å². The number of nitrogens with zero attached hydrogens (tertiary/aromatic N) is 1. The molecule has 0 saturated heterocycles. The van der Waals surface area contributed by atoms with E-state index in [4.69, 9.17) is 0 Å². The van der Waals surface area contributed by atoms with Gasteiger partial charge in [0.15, 0.2) is 0 Å². The van der Waals surface area contributed by atoms with Gasteiger partial charge in [-0.2, -0.15) is 0 Å². The zero-order chi connectivity index (χ0) is 8.53. The van der Waals surface area contributed by atoms with Crippen molar-refractivity contribution in [2.24, 2.45) is 0 Å². The van der Waals surface area contributed by atoms with Gasteiger partial charge in [-0.25, -0.2) is 0 Å². The average Bonchev–Trinajstić information content (AvgIpc) is 2.08. The van der Waals surface area contributed by atoms with Crippen molar-refractivity contribution in [3.63, 3.8) is 0 Å². The highest BCUT2D eigenvalue weighted by Crippen LogP contribution is 1.91. The van der Waals surface area contributed by atoms with Gasteiger partial charge in [-0.1, -0.05) is 13.0 Å². The summed E-state index contributed by atoms with van der Waals surface area (Å²) in [5.41, 5.74) is 1.16. The first-order chi connectivity index (χ1) is 5.35. The zero-order valence-electron chi connectivity index (χ0n) is 7.37. The van der Waals surface area contributed by atoms with Gasteiger partial charge in [0.25, 0.3) is 0 Å². The Morgan fingerprint density at radius 2 is 2.00 bits per heavy atom. The van der Waals surface area contributed by atoms with E-state index >= 15 is 0 Å². The highest BCUT2D eigenvalue weighted by molar-refractivity contribution is 5.02. The van der Waals surface area contributed by atoms with Crippen molar-refractivity contribution < 1.29 is 4.74 Å². The molecule has 0 radical (unpaired) electrons. The van der Waals surface area contributed by atoms with Crippen LogP contribution in [0.2, 0.25) is 0 Å². The summed E-state index contributed by atoms with van der Waals surface area (Å²) in [6, 6.07) is 5.96. The van der Waals surface area contributed by atoms with Gasteiger partial charge >= 0.3 is 0 Å². The summed E-state index contributed by atoms with van der Waals surface area (Å²) in [6.07, 6.45) is 2.85. The molecule has 1 rings (SSSR count). The minimum absolute atomic E-state index is 1.03. The normalized spacial score (nSPS) is 8.27. The fourth-order valence-corrected chi connectivity index (χ4v) is 0.607. The number of methoxy groups -OCH3 is 1. The van der Waals surface area contributed by atoms with Crippen molar-refractivity contribution in [2.45, 2.75) is 13.3 Å². The molecule has 0 aliphatic carbocycles. The Bertz CT molecular complexity index is 162. The monoisotopic (exact) mass is 153 g/mol. The zero-order valence-corrected chi connectivity index (χ0v) is 7.37. The molecule has 0 atom stereocenters. The minimum Gasteiger partial charge on any atom is -0.388 e. The van der Waals surface area contributed by atoms with Crippen molar-refractivity contribution in [2.75, 3.05) is 14.2 Å². The first kappa shape index (κ1) is 10.1. The third-order valence-corrected chi connectivity index (χ3v) is 1.09. The molecule has 1 aromatic rings. The third-order valence-electron chi connectivity index (χ3n) is 1.09. The van der Waals surface area contributed by atoms with Gasteiger partial charge in [-0.3, -0.25) is 4.98 Å². The van der Waals surface area contributed by atoms with Crippen LogP contribution in [0.15, 0.2) is 24.4 Å². The molecule has 0 saturated carbocycles. The lowest BCUT2D eigenvalue weighted by molar-refractivity contribution is 0.277. The van der Waals surface area contributed by atoms with Gasteiger partial charge in [-0.15, -0.1) is 0 Å². The number of aromatic nitrogens is 1. The van der Waals surface area contributed by atoms with Crippen LogP contribution >= 0.6 is 0 Å². The van der Waals surface area contributed by atoms with Crippen LogP contribution in [-0.4, -0.2) is 19.2 Å². The minimum atomic E-state index is 1.03. The third kappa shape index (κ3) is 5.55. The van der Waals surface area contributed by atoms with Crippen molar-refractivity contribution in [3.8, 4) is 0 Å². The molecular formula is C9H15NO. The van der Waals surface area contributed by atoms with Crippen LogP contribution in [-0.2, 0) is 11.2 Å². The summed E-state index contributed by atoms with van der Waals surface area (Å²) in [5.74, 6) is 0. The Morgan fingerprint density at radius 1 is 1.36 bits per heavy atom. The van der Waals surface area contributed by atoms with Crippen LogP contribution in [0.1, 0.15) is 12.6 Å². The molecule has 2 nitrogen and oxygen atoms in total. The Morgan fingerprint density at radius 3 is 2.27 bits per heavy atom. The molecule has 0 amide bonds. The fourth-order valence-electron chi connectivity index (χ4n) is 0.607. The van der Waals surface area contributed by atoms with Crippen molar-refractivity contribution in [3.05, 3.63) is 30.1 Å². The maximum Gasteiger partial charge on any atom is 0.0400 e. The van der Waals surface area contributed by atoms with Crippen LogP contribution in [0.3, 0.4) is 0 Å². The standard InChI is InChI=1S/C7H9N.C2H6O/c1-2-7-5-3-4-6-8-7;1-3-2/h3-6H,2H2,1H3;1-2H3. The Hall–Kier alpha value is -0.890. The predicted molar refractivity (Wildman–Crippen MR) is 46.5 cm³/mol. The van der Waals surface area contributed by atoms with Crippen molar-refractivity contribution >= 4 is 0 Å². The van der Waals surface area contributed by atoms with E-state index in [0.717, 1.165) is 12.1 Å². The lowest BCUT2D eigenvalue weighted by Crippen LogP contribution is -1.81. The first-order valence-corrected chi connectivity index (χ1v) is 3.65.